The number of carbonyl (C=O) groups excluding carboxylic acids is 1. The minimum Gasteiger partial charge on any atom is -0.469 e. The summed E-state index contributed by atoms with van der Waals surface area (Å²) in [7, 11) is 3.44. The van der Waals surface area contributed by atoms with E-state index < -0.39 is 0 Å². The van der Waals surface area contributed by atoms with E-state index in [1.54, 1.807) is 20.4 Å². The number of likely N-dealkylation sites (N-methyl/N-ethyl adjacent to an activating group) is 1. The Hall–Kier alpha value is -1.74. The molecule has 0 atom stereocenters. The van der Waals surface area contributed by atoms with Crippen molar-refractivity contribution < 1.29 is 9.21 Å². The average Bonchev–Trinajstić information content (AvgIpc) is 3.09. The molecule has 0 bridgehead atoms. The molecule has 2 aromatic rings. The molecule has 2 N–H and O–H groups in total. The number of hydrogen-bond acceptors (Lipinski definition) is 3. The second-order valence-electron chi connectivity index (χ2n) is 5.69. The fourth-order valence-electron chi connectivity index (χ4n) is 2.06. The van der Waals surface area contributed by atoms with Gasteiger partial charge in [0.1, 0.15) is 5.76 Å². The molecule has 0 saturated heterocycles. The van der Waals surface area contributed by atoms with Crippen molar-refractivity contribution in [2.75, 3.05) is 27.2 Å². The van der Waals surface area contributed by atoms with E-state index in [0.717, 1.165) is 17.7 Å². The van der Waals surface area contributed by atoms with Crippen molar-refractivity contribution in [2.24, 2.45) is 4.99 Å². The summed E-state index contributed by atoms with van der Waals surface area (Å²) in [5, 5.41) is 6.94. The molecule has 1 amide bonds. The van der Waals surface area contributed by atoms with Crippen LogP contribution >= 0.6 is 35.6 Å². The first-order valence-corrected chi connectivity index (χ1v) is 8.41. The summed E-state index contributed by atoms with van der Waals surface area (Å²) < 4.78 is 5.31. The van der Waals surface area contributed by atoms with E-state index in [4.69, 9.17) is 16.0 Å². The van der Waals surface area contributed by atoms with Gasteiger partial charge in [-0.15, -0.1) is 24.0 Å². The summed E-state index contributed by atoms with van der Waals surface area (Å²) in [6.07, 6.45) is 2.38. The number of halogens is 2. The van der Waals surface area contributed by atoms with Crippen LogP contribution < -0.4 is 10.6 Å². The van der Waals surface area contributed by atoms with Crippen LogP contribution in [0.25, 0.3) is 0 Å². The van der Waals surface area contributed by atoms with Gasteiger partial charge in [-0.1, -0.05) is 23.7 Å². The second kappa shape index (κ2) is 11.8. The fourth-order valence-corrected chi connectivity index (χ4v) is 2.27. The lowest BCUT2D eigenvalue weighted by Gasteiger charge is -2.14. The maximum absolute atomic E-state index is 11.8. The van der Waals surface area contributed by atoms with Crippen molar-refractivity contribution >= 4 is 47.4 Å². The highest BCUT2D eigenvalue weighted by atomic mass is 127. The normalized spacial score (nSPS) is 10.8. The molecule has 1 aromatic carbocycles. The summed E-state index contributed by atoms with van der Waals surface area (Å²) in [5.41, 5.74) is 0.999. The molecule has 1 aromatic heterocycles. The molecule has 1 heterocycles. The van der Waals surface area contributed by atoms with Gasteiger partial charge in [-0.25, -0.2) is 4.99 Å². The maximum atomic E-state index is 11.8. The highest BCUT2D eigenvalue weighted by Gasteiger charge is 2.06. The fraction of sp³-hybridized carbons (Fsp3) is 0.333. The van der Waals surface area contributed by atoms with Crippen molar-refractivity contribution in [3.63, 3.8) is 0 Å². The number of amides is 1. The topological polar surface area (TPSA) is 69.9 Å². The summed E-state index contributed by atoms with van der Waals surface area (Å²) in [5.74, 6) is 1.44. The van der Waals surface area contributed by atoms with Crippen molar-refractivity contribution in [3.05, 3.63) is 59.0 Å². The van der Waals surface area contributed by atoms with Crippen LogP contribution in [0.4, 0.5) is 0 Å². The SMILES string of the molecule is CN(C)C(=O)CNC(=NCc1cccc(Cl)c1)NCCc1ccco1.I. The minimum absolute atomic E-state index is 0. The number of aliphatic imine (C=N–C) groups is 1. The third-order valence-electron chi connectivity index (χ3n) is 3.46. The van der Waals surface area contributed by atoms with Crippen molar-refractivity contribution in [2.45, 2.75) is 13.0 Å². The molecule has 26 heavy (non-hydrogen) atoms. The number of rotatable bonds is 7. The molecule has 0 saturated carbocycles. The Labute approximate surface area is 176 Å². The van der Waals surface area contributed by atoms with Crippen molar-refractivity contribution in [3.8, 4) is 0 Å². The predicted octanol–water partition coefficient (Wildman–Crippen LogP) is 2.92. The second-order valence-corrected chi connectivity index (χ2v) is 6.13. The Morgan fingerprint density at radius 3 is 2.69 bits per heavy atom. The lowest BCUT2D eigenvalue weighted by atomic mass is 10.2. The van der Waals surface area contributed by atoms with Gasteiger partial charge in [0.05, 0.1) is 19.4 Å². The molecule has 142 valence electrons. The van der Waals surface area contributed by atoms with Gasteiger partial charge >= 0.3 is 0 Å². The van der Waals surface area contributed by atoms with E-state index in [9.17, 15) is 4.79 Å². The van der Waals surface area contributed by atoms with Crippen LogP contribution in [0.5, 0.6) is 0 Å². The molecule has 0 fully saturated rings. The van der Waals surface area contributed by atoms with Crippen LogP contribution in [0.2, 0.25) is 5.02 Å². The van der Waals surface area contributed by atoms with E-state index in [1.165, 1.54) is 4.90 Å². The van der Waals surface area contributed by atoms with Crippen molar-refractivity contribution in [1.29, 1.82) is 0 Å². The molecular weight excluding hydrogens is 467 g/mol. The van der Waals surface area contributed by atoms with Gasteiger partial charge in [0.15, 0.2) is 5.96 Å². The maximum Gasteiger partial charge on any atom is 0.241 e. The predicted molar refractivity (Wildman–Crippen MR) is 115 cm³/mol. The molecule has 0 spiro atoms. The highest BCUT2D eigenvalue weighted by molar-refractivity contribution is 14.0. The van der Waals surface area contributed by atoms with E-state index in [1.807, 2.05) is 36.4 Å². The molecule has 2 rings (SSSR count). The number of benzene rings is 1. The number of furan rings is 1. The lowest BCUT2D eigenvalue weighted by Crippen LogP contribution is -2.43. The number of nitrogens with zero attached hydrogens (tertiary/aromatic N) is 2. The van der Waals surface area contributed by atoms with Crippen LogP contribution in [0.1, 0.15) is 11.3 Å². The van der Waals surface area contributed by atoms with E-state index in [-0.39, 0.29) is 36.4 Å². The smallest absolute Gasteiger partial charge is 0.241 e. The minimum atomic E-state index is -0.0247. The molecule has 0 aliphatic heterocycles. The van der Waals surface area contributed by atoms with Crippen LogP contribution in [0.3, 0.4) is 0 Å². The monoisotopic (exact) mass is 490 g/mol. The third-order valence-corrected chi connectivity index (χ3v) is 3.69. The van der Waals surface area contributed by atoms with Crippen LogP contribution in [-0.2, 0) is 17.8 Å². The number of nitrogens with one attached hydrogen (secondary N) is 2. The molecule has 0 aliphatic rings. The molecule has 6 nitrogen and oxygen atoms in total. The average molecular weight is 491 g/mol. The summed E-state index contributed by atoms with van der Waals surface area (Å²) in [4.78, 5) is 17.8. The van der Waals surface area contributed by atoms with Gasteiger partial charge in [-0.3, -0.25) is 4.79 Å². The van der Waals surface area contributed by atoms with Gasteiger partial charge in [0, 0.05) is 32.1 Å². The standard InChI is InChI=1S/C18H23ClN4O2.HI/c1-23(2)17(24)13-22-18(20-9-8-16-7-4-10-25-16)21-12-14-5-3-6-15(19)11-14;/h3-7,10-11H,8-9,12-13H2,1-2H3,(H2,20,21,22);1H. The van der Waals surface area contributed by atoms with Crippen molar-refractivity contribution in [1.82, 2.24) is 15.5 Å². The van der Waals surface area contributed by atoms with Crippen LogP contribution in [0, 0.1) is 0 Å². The highest BCUT2D eigenvalue weighted by Crippen LogP contribution is 2.11. The Morgan fingerprint density at radius 1 is 1.23 bits per heavy atom. The zero-order chi connectivity index (χ0) is 18.1. The summed E-state index contributed by atoms with van der Waals surface area (Å²) >= 11 is 6.00. The zero-order valence-electron chi connectivity index (χ0n) is 14.9. The summed E-state index contributed by atoms with van der Waals surface area (Å²) in [6, 6.07) is 11.3. The Balaban J connectivity index is 0.00000338. The summed E-state index contributed by atoms with van der Waals surface area (Å²) in [6.45, 7) is 1.28. The molecule has 8 heteroatoms. The Bertz CT molecular complexity index is 705. The van der Waals surface area contributed by atoms with E-state index in [2.05, 4.69) is 15.6 Å². The largest absolute Gasteiger partial charge is 0.469 e. The first kappa shape index (κ1) is 22.3. The molecule has 0 unspecified atom stereocenters. The molecular formula is C18H24ClIN4O2. The molecule has 0 aliphatic carbocycles. The van der Waals surface area contributed by atoms with E-state index >= 15 is 0 Å². The van der Waals surface area contributed by atoms with Gasteiger partial charge in [-0.2, -0.15) is 0 Å². The van der Waals surface area contributed by atoms with Crippen LogP contribution in [-0.4, -0.2) is 44.0 Å². The first-order chi connectivity index (χ1) is 12.0. The van der Waals surface area contributed by atoms with Gasteiger partial charge in [0.2, 0.25) is 5.91 Å². The lowest BCUT2D eigenvalue weighted by molar-refractivity contribution is -0.127. The Morgan fingerprint density at radius 2 is 2.04 bits per heavy atom. The number of guanidine groups is 1. The van der Waals surface area contributed by atoms with Gasteiger partial charge in [-0.05, 0) is 29.8 Å². The molecule has 0 radical (unpaired) electrons. The van der Waals surface area contributed by atoms with Gasteiger partial charge < -0.3 is 20.0 Å². The first-order valence-electron chi connectivity index (χ1n) is 8.04. The van der Waals surface area contributed by atoms with Gasteiger partial charge in [0.25, 0.3) is 0 Å². The van der Waals surface area contributed by atoms with Crippen LogP contribution in [0.15, 0.2) is 52.1 Å². The zero-order valence-corrected chi connectivity index (χ0v) is 18.0. The third kappa shape index (κ3) is 8.09. The number of carbonyl (C=O) groups is 1. The number of hydrogen-bond donors (Lipinski definition) is 2. The Kier molecular flexibility index (Phi) is 10.1. The quantitative estimate of drug-likeness (QED) is 0.356. The van der Waals surface area contributed by atoms with E-state index in [0.29, 0.717) is 24.1 Å².